The van der Waals surface area contributed by atoms with Crippen LogP contribution < -0.4 is 14.8 Å². The Morgan fingerprint density at radius 2 is 1.92 bits per heavy atom. The molecule has 5 nitrogen and oxygen atoms in total. The van der Waals surface area contributed by atoms with Gasteiger partial charge in [0.05, 0.1) is 11.6 Å². The first-order chi connectivity index (χ1) is 11.5. The van der Waals surface area contributed by atoms with Gasteiger partial charge in [-0.3, -0.25) is 9.59 Å². The van der Waals surface area contributed by atoms with Crippen LogP contribution in [0.4, 0.5) is 5.69 Å². The number of carbonyl (C=O) groups excluding carboxylic acids is 2. The molecule has 0 fully saturated rings. The summed E-state index contributed by atoms with van der Waals surface area (Å²) in [6.45, 7) is 3.92. The van der Waals surface area contributed by atoms with E-state index in [1.807, 2.05) is 31.2 Å². The first kappa shape index (κ1) is 17.8. The Kier molecular flexibility index (Phi) is 6.21. The molecule has 0 aliphatic rings. The molecule has 0 heterocycles. The van der Waals surface area contributed by atoms with Crippen molar-refractivity contribution in [3.63, 3.8) is 0 Å². The number of carbonyl (C=O) groups is 2. The van der Waals surface area contributed by atoms with Gasteiger partial charge in [-0.05, 0) is 38.1 Å². The molecule has 0 bridgehead atoms. The van der Waals surface area contributed by atoms with Crippen molar-refractivity contribution in [3.8, 4) is 11.5 Å². The highest BCUT2D eigenvalue weighted by Gasteiger charge is 2.14. The molecule has 0 aromatic heterocycles. The second kappa shape index (κ2) is 8.36. The average Bonchev–Trinajstić information content (AvgIpc) is 2.56. The lowest BCUT2D eigenvalue weighted by Gasteiger charge is -2.14. The fourth-order valence-corrected chi connectivity index (χ4v) is 2.30. The third kappa shape index (κ3) is 4.73. The Hall–Kier alpha value is -2.53. The summed E-state index contributed by atoms with van der Waals surface area (Å²) in [4.78, 5) is 22.9. The van der Waals surface area contributed by atoms with E-state index < -0.39 is 0 Å². The molecule has 0 saturated heterocycles. The largest absolute Gasteiger partial charge is 0.490 e. The SMILES string of the molecule is CCOc1cc(C=O)cc(Cl)c1OCC(=O)Nc1ccc(C)cc1. The van der Waals surface area contributed by atoms with E-state index in [1.54, 1.807) is 6.92 Å². The molecule has 0 aliphatic carbocycles. The van der Waals surface area contributed by atoms with Crippen LogP contribution >= 0.6 is 11.6 Å². The van der Waals surface area contributed by atoms with Gasteiger partial charge >= 0.3 is 0 Å². The monoisotopic (exact) mass is 347 g/mol. The zero-order valence-electron chi connectivity index (χ0n) is 13.5. The predicted molar refractivity (Wildman–Crippen MR) is 93.3 cm³/mol. The molecular formula is C18H18ClNO4. The smallest absolute Gasteiger partial charge is 0.262 e. The molecule has 2 aromatic carbocycles. The number of rotatable bonds is 7. The number of amides is 1. The van der Waals surface area contributed by atoms with Crippen LogP contribution in [-0.2, 0) is 4.79 Å². The molecule has 0 radical (unpaired) electrons. The maximum Gasteiger partial charge on any atom is 0.262 e. The summed E-state index contributed by atoms with van der Waals surface area (Å²) in [6, 6.07) is 10.4. The van der Waals surface area contributed by atoms with Gasteiger partial charge < -0.3 is 14.8 Å². The summed E-state index contributed by atoms with van der Waals surface area (Å²) in [5, 5.41) is 2.94. The normalized spacial score (nSPS) is 10.1. The fraction of sp³-hybridized carbons (Fsp3) is 0.222. The van der Waals surface area contributed by atoms with E-state index in [2.05, 4.69) is 5.32 Å². The highest BCUT2D eigenvalue weighted by atomic mass is 35.5. The van der Waals surface area contributed by atoms with Crippen molar-refractivity contribution in [2.24, 2.45) is 0 Å². The third-order valence-electron chi connectivity index (χ3n) is 3.15. The maximum atomic E-state index is 12.0. The van der Waals surface area contributed by atoms with Crippen molar-refractivity contribution in [1.82, 2.24) is 0 Å². The van der Waals surface area contributed by atoms with E-state index >= 15 is 0 Å². The van der Waals surface area contributed by atoms with Crippen LogP contribution in [0.2, 0.25) is 5.02 Å². The van der Waals surface area contributed by atoms with Crippen molar-refractivity contribution in [3.05, 3.63) is 52.5 Å². The first-order valence-electron chi connectivity index (χ1n) is 7.44. The molecule has 0 saturated carbocycles. The highest BCUT2D eigenvalue weighted by Crippen LogP contribution is 2.36. The van der Waals surface area contributed by atoms with Crippen LogP contribution in [0.25, 0.3) is 0 Å². The quantitative estimate of drug-likeness (QED) is 0.772. The number of hydrogen-bond donors (Lipinski definition) is 1. The second-order valence-corrected chi connectivity index (χ2v) is 5.49. The first-order valence-corrected chi connectivity index (χ1v) is 7.82. The van der Waals surface area contributed by atoms with Crippen LogP contribution in [0.1, 0.15) is 22.8 Å². The summed E-state index contributed by atoms with van der Waals surface area (Å²) < 4.78 is 10.9. The molecule has 0 unspecified atom stereocenters. The van der Waals surface area contributed by atoms with Gasteiger partial charge in [0, 0.05) is 11.3 Å². The lowest BCUT2D eigenvalue weighted by atomic mass is 10.2. The van der Waals surface area contributed by atoms with E-state index in [0.717, 1.165) is 5.56 Å². The topological polar surface area (TPSA) is 64.6 Å². The predicted octanol–water partition coefficient (Wildman–Crippen LogP) is 3.88. The van der Waals surface area contributed by atoms with Crippen LogP contribution in [0, 0.1) is 6.92 Å². The summed E-state index contributed by atoms with van der Waals surface area (Å²) >= 11 is 6.11. The van der Waals surface area contributed by atoms with Crippen molar-refractivity contribution < 1.29 is 19.1 Å². The Morgan fingerprint density at radius 3 is 2.54 bits per heavy atom. The molecule has 0 spiro atoms. The fourth-order valence-electron chi connectivity index (χ4n) is 2.03. The highest BCUT2D eigenvalue weighted by molar-refractivity contribution is 6.32. The van der Waals surface area contributed by atoms with E-state index in [9.17, 15) is 9.59 Å². The van der Waals surface area contributed by atoms with Crippen LogP contribution in [-0.4, -0.2) is 25.4 Å². The molecular weight excluding hydrogens is 330 g/mol. The molecule has 1 amide bonds. The van der Waals surface area contributed by atoms with E-state index in [-0.39, 0.29) is 23.3 Å². The summed E-state index contributed by atoms with van der Waals surface area (Å²) in [5.41, 5.74) is 2.16. The number of halogens is 1. The van der Waals surface area contributed by atoms with Gasteiger partial charge in [-0.15, -0.1) is 0 Å². The Labute approximate surface area is 145 Å². The number of benzene rings is 2. The van der Waals surface area contributed by atoms with Crippen molar-refractivity contribution >= 4 is 29.5 Å². The molecule has 126 valence electrons. The summed E-state index contributed by atoms with van der Waals surface area (Å²) in [5.74, 6) is 0.246. The van der Waals surface area contributed by atoms with E-state index in [0.29, 0.717) is 29.9 Å². The van der Waals surface area contributed by atoms with E-state index in [4.69, 9.17) is 21.1 Å². The second-order valence-electron chi connectivity index (χ2n) is 5.08. The number of aldehydes is 1. The molecule has 2 aromatic rings. The molecule has 24 heavy (non-hydrogen) atoms. The van der Waals surface area contributed by atoms with Gasteiger partial charge in [-0.25, -0.2) is 0 Å². The van der Waals surface area contributed by atoms with Crippen LogP contribution in [0.5, 0.6) is 11.5 Å². The van der Waals surface area contributed by atoms with Crippen molar-refractivity contribution in [2.75, 3.05) is 18.5 Å². The molecule has 0 aliphatic heterocycles. The zero-order valence-corrected chi connectivity index (χ0v) is 14.2. The Balaban J connectivity index is 2.06. The lowest BCUT2D eigenvalue weighted by molar-refractivity contribution is -0.118. The maximum absolute atomic E-state index is 12.0. The molecule has 6 heteroatoms. The summed E-state index contributed by atoms with van der Waals surface area (Å²) in [6.07, 6.45) is 0.669. The van der Waals surface area contributed by atoms with Crippen LogP contribution in [0.15, 0.2) is 36.4 Å². The Morgan fingerprint density at radius 1 is 1.21 bits per heavy atom. The molecule has 1 N–H and O–H groups in total. The zero-order chi connectivity index (χ0) is 17.5. The van der Waals surface area contributed by atoms with Gasteiger partial charge in [0.1, 0.15) is 6.29 Å². The summed E-state index contributed by atoms with van der Waals surface area (Å²) in [7, 11) is 0. The number of aryl methyl sites for hydroxylation is 1. The lowest BCUT2D eigenvalue weighted by Crippen LogP contribution is -2.20. The van der Waals surface area contributed by atoms with Gasteiger partial charge in [0.25, 0.3) is 5.91 Å². The number of ether oxygens (including phenoxy) is 2. The van der Waals surface area contributed by atoms with Crippen molar-refractivity contribution in [1.29, 1.82) is 0 Å². The van der Waals surface area contributed by atoms with Crippen molar-refractivity contribution in [2.45, 2.75) is 13.8 Å². The average molecular weight is 348 g/mol. The molecule has 0 atom stereocenters. The van der Waals surface area contributed by atoms with Gasteiger partial charge in [-0.2, -0.15) is 0 Å². The standard InChI is InChI=1S/C18H18ClNO4/c1-3-23-16-9-13(10-21)8-15(19)18(16)24-11-17(22)20-14-6-4-12(2)5-7-14/h4-10H,3,11H2,1-2H3,(H,20,22). The minimum absolute atomic E-state index is 0.214. The van der Waals surface area contributed by atoms with Gasteiger partial charge in [0.2, 0.25) is 0 Å². The minimum Gasteiger partial charge on any atom is -0.490 e. The number of hydrogen-bond acceptors (Lipinski definition) is 4. The third-order valence-corrected chi connectivity index (χ3v) is 3.43. The Bertz CT molecular complexity index is 729. The van der Waals surface area contributed by atoms with Crippen LogP contribution in [0.3, 0.4) is 0 Å². The number of anilines is 1. The van der Waals surface area contributed by atoms with E-state index in [1.165, 1.54) is 12.1 Å². The minimum atomic E-state index is -0.322. The van der Waals surface area contributed by atoms with Gasteiger partial charge in [0.15, 0.2) is 18.1 Å². The molecule has 2 rings (SSSR count). The number of nitrogens with one attached hydrogen (secondary N) is 1. The van der Waals surface area contributed by atoms with Gasteiger partial charge in [-0.1, -0.05) is 29.3 Å².